The highest BCUT2D eigenvalue weighted by Gasteiger charge is 2.26. The van der Waals surface area contributed by atoms with Crippen LogP contribution in [0.2, 0.25) is 0 Å². The van der Waals surface area contributed by atoms with Crippen LogP contribution in [0.25, 0.3) is 0 Å². The summed E-state index contributed by atoms with van der Waals surface area (Å²) >= 11 is 0. The average Bonchev–Trinajstić information content (AvgIpc) is 3.12. The van der Waals surface area contributed by atoms with Crippen LogP contribution >= 0.6 is 0 Å². The second-order valence-corrected chi connectivity index (χ2v) is 5.60. The molecule has 2 heteroatoms. The molecule has 1 aromatic rings. The van der Waals surface area contributed by atoms with Crippen LogP contribution in [-0.2, 0) is 5.60 Å². The van der Waals surface area contributed by atoms with Gasteiger partial charge >= 0.3 is 0 Å². The van der Waals surface area contributed by atoms with E-state index in [-0.39, 0.29) is 0 Å². The molecule has 0 bridgehead atoms. The molecule has 17 heavy (non-hydrogen) atoms. The fourth-order valence-corrected chi connectivity index (χ4v) is 2.21. The Morgan fingerprint density at radius 1 is 1.35 bits per heavy atom. The minimum Gasteiger partial charge on any atom is -0.384 e. The average molecular weight is 233 g/mol. The third kappa shape index (κ3) is 3.83. The van der Waals surface area contributed by atoms with Crippen LogP contribution in [0.15, 0.2) is 30.3 Å². The highest BCUT2D eigenvalue weighted by atomic mass is 16.3. The minimum atomic E-state index is -0.779. The molecular weight excluding hydrogens is 210 g/mol. The fourth-order valence-electron chi connectivity index (χ4n) is 2.21. The lowest BCUT2D eigenvalue weighted by molar-refractivity contribution is 0.0539. The van der Waals surface area contributed by atoms with Crippen LogP contribution in [-0.4, -0.2) is 17.7 Å². The zero-order valence-electron chi connectivity index (χ0n) is 10.8. The Morgan fingerprint density at radius 3 is 2.59 bits per heavy atom. The molecule has 1 aliphatic rings. The molecule has 1 aliphatic carbocycles. The molecule has 1 fully saturated rings. The van der Waals surface area contributed by atoms with Crippen molar-refractivity contribution in [2.45, 2.75) is 44.8 Å². The van der Waals surface area contributed by atoms with Crippen LogP contribution in [0.4, 0.5) is 0 Å². The molecule has 2 unspecified atom stereocenters. The molecule has 0 saturated heterocycles. The van der Waals surface area contributed by atoms with Gasteiger partial charge in [0.1, 0.15) is 0 Å². The molecule has 94 valence electrons. The van der Waals surface area contributed by atoms with Crippen LogP contribution in [0.5, 0.6) is 0 Å². The van der Waals surface area contributed by atoms with Gasteiger partial charge in [-0.15, -0.1) is 0 Å². The van der Waals surface area contributed by atoms with Gasteiger partial charge in [-0.1, -0.05) is 43.2 Å². The first-order chi connectivity index (χ1) is 8.08. The van der Waals surface area contributed by atoms with E-state index in [1.165, 1.54) is 19.3 Å². The first-order valence-corrected chi connectivity index (χ1v) is 6.59. The smallest absolute Gasteiger partial charge is 0.0992 e. The highest BCUT2D eigenvalue weighted by Crippen LogP contribution is 2.33. The van der Waals surface area contributed by atoms with Crippen molar-refractivity contribution in [2.75, 3.05) is 6.54 Å². The van der Waals surface area contributed by atoms with E-state index in [1.807, 2.05) is 37.3 Å². The van der Waals surface area contributed by atoms with E-state index in [9.17, 15) is 5.11 Å². The van der Waals surface area contributed by atoms with Gasteiger partial charge in [-0.3, -0.25) is 0 Å². The van der Waals surface area contributed by atoms with E-state index in [1.54, 1.807) is 0 Å². The number of benzene rings is 1. The maximum Gasteiger partial charge on any atom is 0.0992 e. The summed E-state index contributed by atoms with van der Waals surface area (Å²) in [7, 11) is 0. The standard InChI is InChI=1S/C15H23NO/c1-12(10-13-8-9-13)16-11-15(2,17)14-6-4-3-5-7-14/h3-7,12-13,16-17H,8-11H2,1-2H3. The molecule has 2 rings (SSSR count). The molecule has 0 aromatic heterocycles. The third-order valence-electron chi connectivity index (χ3n) is 3.57. The second kappa shape index (κ2) is 5.19. The lowest BCUT2D eigenvalue weighted by Crippen LogP contribution is -2.39. The second-order valence-electron chi connectivity index (χ2n) is 5.60. The van der Waals surface area contributed by atoms with E-state index in [4.69, 9.17) is 0 Å². The number of aliphatic hydroxyl groups is 1. The summed E-state index contributed by atoms with van der Waals surface area (Å²) < 4.78 is 0. The first kappa shape index (κ1) is 12.6. The SMILES string of the molecule is CC(CC1CC1)NCC(C)(O)c1ccccc1. The van der Waals surface area contributed by atoms with Crippen LogP contribution < -0.4 is 5.32 Å². The predicted octanol–water partition coefficient (Wildman–Crippen LogP) is 2.67. The Balaban J connectivity index is 1.84. The van der Waals surface area contributed by atoms with E-state index < -0.39 is 5.60 Å². The quantitative estimate of drug-likeness (QED) is 0.791. The number of hydrogen-bond acceptors (Lipinski definition) is 2. The summed E-state index contributed by atoms with van der Waals surface area (Å²) in [5, 5.41) is 13.9. The zero-order chi connectivity index (χ0) is 12.3. The predicted molar refractivity (Wildman–Crippen MR) is 70.8 cm³/mol. The maximum atomic E-state index is 10.4. The zero-order valence-corrected chi connectivity index (χ0v) is 10.8. The largest absolute Gasteiger partial charge is 0.384 e. The van der Waals surface area contributed by atoms with Crippen molar-refractivity contribution in [1.82, 2.24) is 5.32 Å². The van der Waals surface area contributed by atoms with Crippen LogP contribution in [0.1, 0.15) is 38.7 Å². The van der Waals surface area contributed by atoms with Gasteiger partial charge in [0.25, 0.3) is 0 Å². The van der Waals surface area contributed by atoms with Gasteiger partial charge in [0.2, 0.25) is 0 Å². The summed E-state index contributed by atoms with van der Waals surface area (Å²) in [6.07, 6.45) is 4.02. The lowest BCUT2D eigenvalue weighted by Gasteiger charge is -2.26. The van der Waals surface area contributed by atoms with Crippen molar-refractivity contribution < 1.29 is 5.11 Å². The molecule has 0 aliphatic heterocycles. The van der Waals surface area contributed by atoms with Gasteiger partial charge in [-0.05, 0) is 31.7 Å². The minimum absolute atomic E-state index is 0.498. The Kier molecular flexibility index (Phi) is 3.85. The Bertz CT molecular complexity index is 343. The van der Waals surface area contributed by atoms with Crippen molar-refractivity contribution in [3.8, 4) is 0 Å². The lowest BCUT2D eigenvalue weighted by atomic mass is 9.95. The molecule has 0 spiro atoms. The molecule has 2 atom stereocenters. The molecule has 0 heterocycles. The topological polar surface area (TPSA) is 32.3 Å². The van der Waals surface area contributed by atoms with Gasteiger partial charge < -0.3 is 10.4 Å². The van der Waals surface area contributed by atoms with Gasteiger partial charge in [0, 0.05) is 12.6 Å². The Morgan fingerprint density at radius 2 is 2.00 bits per heavy atom. The monoisotopic (exact) mass is 233 g/mol. The summed E-state index contributed by atoms with van der Waals surface area (Å²) in [5.41, 5.74) is 0.199. The Hall–Kier alpha value is -0.860. The molecule has 2 nitrogen and oxygen atoms in total. The van der Waals surface area contributed by atoms with Crippen molar-refractivity contribution in [3.63, 3.8) is 0 Å². The van der Waals surface area contributed by atoms with Crippen molar-refractivity contribution in [2.24, 2.45) is 5.92 Å². The van der Waals surface area contributed by atoms with Crippen molar-refractivity contribution >= 4 is 0 Å². The first-order valence-electron chi connectivity index (χ1n) is 6.59. The van der Waals surface area contributed by atoms with E-state index in [0.717, 1.165) is 11.5 Å². The maximum absolute atomic E-state index is 10.4. The number of rotatable bonds is 6. The fraction of sp³-hybridized carbons (Fsp3) is 0.600. The normalized spacial score (nSPS) is 20.9. The van der Waals surface area contributed by atoms with Gasteiger partial charge in [0.05, 0.1) is 5.60 Å². The summed E-state index contributed by atoms with van der Waals surface area (Å²) in [6, 6.07) is 10.4. The third-order valence-corrected chi connectivity index (χ3v) is 3.57. The van der Waals surface area contributed by atoms with E-state index in [0.29, 0.717) is 12.6 Å². The summed E-state index contributed by atoms with van der Waals surface area (Å²) in [4.78, 5) is 0. The molecular formula is C15H23NO. The summed E-state index contributed by atoms with van der Waals surface area (Å²) in [6.45, 7) is 4.70. The van der Waals surface area contributed by atoms with E-state index >= 15 is 0 Å². The van der Waals surface area contributed by atoms with Gasteiger partial charge in [-0.2, -0.15) is 0 Å². The molecule has 0 amide bonds. The van der Waals surface area contributed by atoms with Crippen LogP contribution in [0.3, 0.4) is 0 Å². The molecule has 2 N–H and O–H groups in total. The molecule has 1 saturated carbocycles. The van der Waals surface area contributed by atoms with Gasteiger partial charge in [0.15, 0.2) is 0 Å². The van der Waals surface area contributed by atoms with Crippen molar-refractivity contribution in [1.29, 1.82) is 0 Å². The van der Waals surface area contributed by atoms with Crippen LogP contribution in [0, 0.1) is 5.92 Å². The highest BCUT2D eigenvalue weighted by molar-refractivity contribution is 5.21. The van der Waals surface area contributed by atoms with Gasteiger partial charge in [-0.25, -0.2) is 0 Å². The number of hydrogen-bond donors (Lipinski definition) is 2. The Labute approximate surface area is 104 Å². The van der Waals surface area contributed by atoms with Crippen molar-refractivity contribution in [3.05, 3.63) is 35.9 Å². The summed E-state index contributed by atoms with van der Waals surface area (Å²) in [5.74, 6) is 0.930. The van der Waals surface area contributed by atoms with E-state index in [2.05, 4.69) is 12.2 Å². The molecule has 0 radical (unpaired) electrons. The number of nitrogens with one attached hydrogen (secondary N) is 1. The molecule has 1 aromatic carbocycles.